The lowest BCUT2D eigenvalue weighted by Crippen LogP contribution is -1.98. The van der Waals surface area contributed by atoms with E-state index in [4.69, 9.17) is 4.42 Å². The third-order valence-electron chi connectivity index (χ3n) is 3.49. The number of anilines is 1. The van der Waals surface area contributed by atoms with Gasteiger partial charge in [-0.05, 0) is 23.9 Å². The molecule has 1 atom stereocenters. The van der Waals surface area contributed by atoms with Crippen molar-refractivity contribution in [3.05, 3.63) is 59.3 Å². The van der Waals surface area contributed by atoms with Gasteiger partial charge in [0.05, 0.1) is 10.1 Å². The van der Waals surface area contributed by atoms with Crippen LogP contribution >= 0.6 is 34.4 Å². The average Bonchev–Trinajstić information content (AvgIpc) is 3.41. The SMILES string of the molecule is C[C@@H](Sc1nnc(NCc2ccccc2)s1)c1nnc(-c2cccs2)o1. The van der Waals surface area contributed by atoms with Crippen LogP contribution in [0.25, 0.3) is 10.8 Å². The molecule has 0 unspecified atom stereocenters. The highest BCUT2D eigenvalue weighted by Crippen LogP contribution is 2.37. The second-order valence-corrected chi connectivity index (χ2v) is 8.91. The van der Waals surface area contributed by atoms with Crippen molar-refractivity contribution in [2.45, 2.75) is 23.1 Å². The number of nitrogens with zero attached hydrogens (tertiary/aromatic N) is 4. The van der Waals surface area contributed by atoms with Crippen molar-refractivity contribution in [2.24, 2.45) is 0 Å². The normalized spacial score (nSPS) is 12.2. The first-order valence-electron chi connectivity index (χ1n) is 7.93. The van der Waals surface area contributed by atoms with E-state index in [2.05, 4.69) is 37.8 Å². The van der Waals surface area contributed by atoms with Crippen LogP contribution < -0.4 is 5.32 Å². The zero-order valence-electron chi connectivity index (χ0n) is 13.8. The van der Waals surface area contributed by atoms with E-state index in [1.165, 1.54) is 16.9 Å². The van der Waals surface area contributed by atoms with Gasteiger partial charge in [0.2, 0.25) is 11.0 Å². The van der Waals surface area contributed by atoms with E-state index in [-0.39, 0.29) is 5.25 Å². The van der Waals surface area contributed by atoms with Gasteiger partial charge in [-0.25, -0.2) is 0 Å². The number of thioether (sulfide) groups is 1. The lowest BCUT2D eigenvalue weighted by atomic mass is 10.2. The monoisotopic (exact) mass is 401 g/mol. The van der Waals surface area contributed by atoms with E-state index in [1.807, 2.05) is 42.6 Å². The summed E-state index contributed by atoms with van der Waals surface area (Å²) < 4.78 is 6.65. The van der Waals surface area contributed by atoms with Crippen LogP contribution in [-0.2, 0) is 6.54 Å². The Hall–Kier alpha value is -2.23. The summed E-state index contributed by atoms with van der Waals surface area (Å²) in [5, 5.41) is 22.8. The van der Waals surface area contributed by atoms with Crippen LogP contribution in [0, 0.1) is 0 Å². The molecule has 6 nitrogen and oxygen atoms in total. The van der Waals surface area contributed by atoms with Crippen molar-refractivity contribution in [3.63, 3.8) is 0 Å². The number of hydrogen-bond acceptors (Lipinski definition) is 9. The van der Waals surface area contributed by atoms with Crippen LogP contribution in [-0.4, -0.2) is 20.4 Å². The van der Waals surface area contributed by atoms with Crippen LogP contribution in [0.4, 0.5) is 5.13 Å². The summed E-state index contributed by atoms with van der Waals surface area (Å²) in [4.78, 5) is 0.976. The summed E-state index contributed by atoms with van der Waals surface area (Å²) in [6, 6.07) is 14.1. The third-order valence-corrected chi connectivity index (χ3v) is 6.40. The van der Waals surface area contributed by atoms with E-state index in [1.54, 1.807) is 23.1 Å². The number of benzene rings is 1. The minimum Gasteiger partial charge on any atom is -0.419 e. The van der Waals surface area contributed by atoms with Crippen LogP contribution in [0.3, 0.4) is 0 Å². The van der Waals surface area contributed by atoms with E-state index in [0.29, 0.717) is 11.8 Å². The number of thiophene rings is 1. The molecule has 0 fully saturated rings. The van der Waals surface area contributed by atoms with Crippen molar-refractivity contribution < 1.29 is 4.42 Å². The van der Waals surface area contributed by atoms with Gasteiger partial charge in [-0.2, -0.15) is 0 Å². The van der Waals surface area contributed by atoms with Crippen molar-refractivity contribution >= 4 is 39.6 Å². The molecule has 9 heteroatoms. The molecule has 0 spiro atoms. The molecule has 1 aromatic carbocycles. The van der Waals surface area contributed by atoms with Gasteiger partial charge in [0, 0.05) is 6.54 Å². The first-order chi connectivity index (χ1) is 12.8. The fourth-order valence-electron chi connectivity index (χ4n) is 2.20. The fourth-order valence-corrected chi connectivity index (χ4v) is 4.77. The molecule has 0 aliphatic carbocycles. The Morgan fingerprint density at radius 1 is 1.08 bits per heavy atom. The van der Waals surface area contributed by atoms with Gasteiger partial charge < -0.3 is 9.73 Å². The molecule has 4 aromatic rings. The van der Waals surface area contributed by atoms with Crippen LogP contribution in [0.5, 0.6) is 0 Å². The van der Waals surface area contributed by atoms with Crippen LogP contribution in [0.2, 0.25) is 0 Å². The van der Waals surface area contributed by atoms with E-state index in [9.17, 15) is 0 Å². The molecule has 1 N–H and O–H groups in total. The number of rotatable bonds is 7. The summed E-state index contributed by atoms with van der Waals surface area (Å²) in [6.07, 6.45) is 0. The lowest BCUT2D eigenvalue weighted by Gasteiger charge is -2.02. The molecule has 0 bridgehead atoms. The molecule has 0 saturated carbocycles. The smallest absolute Gasteiger partial charge is 0.257 e. The largest absolute Gasteiger partial charge is 0.419 e. The summed E-state index contributed by atoms with van der Waals surface area (Å²) >= 11 is 4.66. The lowest BCUT2D eigenvalue weighted by molar-refractivity contribution is 0.510. The first-order valence-corrected chi connectivity index (χ1v) is 10.5. The molecule has 0 amide bonds. The van der Waals surface area contributed by atoms with E-state index < -0.39 is 0 Å². The van der Waals surface area contributed by atoms with Gasteiger partial charge >= 0.3 is 0 Å². The summed E-state index contributed by atoms with van der Waals surface area (Å²) in [6.45, 7) is 2.75. The van der Waals surface area contributed by atoms with Crippen molar-refractivity contribution in [1.29, 1.82) is 0 Å². The Morgan fingerprint density at radius 3 is 2.77 bits per heavy atom. The predicted molar refractivity (Wildman–Crippen MR) is 106 cm³/mol. The molecule has 0 radical (unpaired) electrons. The molecule has 3 heterocycles. The predicted octanol–water partition coefficient (Wildman–Crippen LogP) is 5.12. The van der Waals surface area contributed by atoms with Crippen molar-refractivity contribution in [3.8, 4) is 10.8 Å². The maximum absolute atomic E-state index is 5.78. The van der Waals surface area contributed by atoms with Gasteiger partial charge in [0.25, 0.3) is 5.89 Å². The van der Waals surface area contributed by atoms with Crippen LogP contribution in [0.1, 0.15) is 23.6 Å². The second-order valence-electron chi connectivity index (χ2n) is 5.40. The number of hydrogen-bond donors (Lipinski definition) is 1. The summed E-state index contributed by atoms with van der Waals surface area (Å²) in [5.74, 6) is 1.15. The Morgan fingerprint density at radius 2 is 1.96 bits per heavy atom. The molecule has 4 rings (SSSR count). The minimum atomic E-state index is 0.00568. The van der Waals surface area contributed by atoms with Crippen molar-refractivity contribution in [1.82, 2.24) is 20.4 Å². The maximum Gasteiger partial charge on any atom is 0.257 e. The topological polar surface area (TPSA) is 76.7 Å². The Kier molecular flexibility index (Phi) is 5.28. The summed E-state index contributed by atoms with van der Waals surface area (Å²) in [5.41, 5.74) is 1.21. The standard InChI is InChI=1S/C17H15N5OS3/c1-11(14-19-20-15(23-14)13-8-5-9-24-13)25-17-22-21-16(26-17)18-10-12-6-3-2-4-7-12/h2-9,11H,10H2,1H3,(H,18,21)/t11-/m1/s1. The van der Waals surface area contributed by atoms with Gasteiger partial charge in [0.1, 0.15) is 0 Å². The maximum atomic E-state index is 5.78. The minimum absolute atomic E-state index is 0.00568. The number of aromatic nitrogens is 4. The molecule has 0 aliphatic rings. The molecule has 26 heavy (non-hydrogen) atoms. The Balaban J connectivity index is 1.36. The highest BCUT2D eigenvalue weighted by atomic mass is 32.2. The molecule has 0 aliphatic heterocycles. The van der Waals surface area contributed by atoms with Crippen molar-refractivity contribution in [2.75, 3.05) is 5.32 Å². The van der Waals surface area contributed by atoms with Crippen LogP contribution in [0.15, 0.2) is 56.6 Å². The molecular weight excluding hydrogens is 386 g/mol. The number of nitrogens with one attached hydrogen (secondary N) is 1. The first kappa shape index (κ1) is 17.2. The van der Waals surface area contributed by atoms with Gasteiger partial charge in [-0.3, -0.25) is 0 Å². The zero-order valence-corrected chi connectivity index (χ0v) is 16.3. The highest BCUT2D eigenvalue weighted by Gasteiger charge is 2.18. The zero-order chi connectivity index (χ0) is 17.8. The third kappa shape index (κ3) is 4.12. The van der Waals surface area contributed by atoms with Gasteiger partial charge in [-0.1, -0.05) is 59.5 Å². The Bertz CT molecular complexity index is 952. The molecule has 0 saturated heterocycles. The molecule has 3 aromatic heterocycles. The molecule has 132 valence electrons. The highest BCUT2D eigenvalue weighted by molar-refractivity contribution is 8.01. The quantitative estimate of drug-likeness (QED) is 0.431. The fraction of sp³-hybridized carbons (Fsp3) is 0.176. The van der Waals surface area contributed by atoms with Gasteiger partial charge in [-0.15, -0.1) is 31.7 Å². The second kappa shape index (κ2) is 7.98. The Labute approximate surface area is 162 Å². The summed E-state index contributed by atoms with van der Waals surface area (Å²) in [7, 11) is 0. The van der Waals surface area contributed by atoms with E-state index >= 15 is 0 Å². The van der Waals surface area contributed by atoms with E-state index in [0.717, 1.165) is 20.9 Å². The van der Waals surface area contributed by atoms with Gasteiger partial charge in [0.15, 0.2) is 4.34 Å². The average molecular weight is 402 g/mol. The molecular formula is C17H15N5OS3.